The van der Waals surface area contributed by atoms with Crippen LogP contribution in [0.15, 0.2) is 78.9 Å². The molecular formula is C27H20N4O2. The topological polar surface area (TPSA) is 83.7 Å². The number of benzene rings is 1. The molecule has 4 aromatic rings. The van der Waals surface area contributed by atoms with Crippen molar-refractivity contribution in [2.24, 2.45) is 0 Å². The van der Waals surface area contributed by atoms with E-state index in [-0.39, 0.29) is 0 Å². The normalized spacial score (nSPS) is 11.5. The minimum atomic E-state index is 0.412. The van der Waals surface area contributed by atoms with E-state index in [0.29, 0.717) is 12.2 Å². The zero-order valence-electron chi connectivity index (χ0n) is 17.6. The number of ether oxygens (including phenoxy) is 1. The molecule has 1 aromatic carbocycles. The van der Waals surface area contributed by atoms with E-state index in [0.717, 1.165) is 44.8 Å². The fraction of sp³-hybridized carbons (Fsp3) is 0. The number of hydrogen-bond donors (Lipinski definition) is 2. The third-order valence-electron chi connectivity index (χ3n) is 4.97. The largest absolute Gasteiger partial charge is 0.429 e. The predicted octanol–water partition coefficient (Wildman–Crippen LogP) is 5.88. The molecule has 0 saturated heterocycles. The number of nitrogens with zero attached hydrogens (tertiary/aromatic N) is 2. The van der Waals surface area contributed by atoms with Crippen LogP contribution in [0, 0.1) is 0 Å². The Kier molecular flexibility index (Phi) is 5.63. The van der Waals surface area contributed by atoms with Crippen molar-refractivity contribution < 1.29 is 9.53 Å². The molecule has 0 spiro atoms. The molecule has 0 unspecified atom stereocenters. The lowest BCUT2D eigenvalue weighted by Gasteiger charge is -1.92. The minimum Gasteiger partial charge on any atom is -0.429 e. The quantitative estimate of drug-likeness (QED) is 0.335. The first-order valence-corrected chi connectivity index (χ1v) is 10.4. The van der Waals surface area contributed by atoms with Crippen molar-refractivity contribution in [3.63, 3.8) is 0 Å². The maximum Gasteiger partial charge on any atom is 0.298 e. The van der Waals surface area contributed by atoms with Gasteiger partial charge >= 0.3 is 0 Å². The number of rotatable bonds is 2. The van der Waals surface area contributed by atoms with Crippen molar-refractivity contribution in [2.45, 2.75) is 0 Å². The van der Waals surface area contributed by atoms with E-state index in [1.165, 1.54) is 0 Å². The summed E-state index contributed by atoms with van der Waals surface area (Å²) in [4.78, 5) is 25.8. The van der Waals surface area contributed by atoms with E-state index in [1.54, 1.807) is 24.3 Å². The average Bonchev–Trinajstić information content (AvgIpc) is 3.61. The molecule has 6 heteroatoms. The SMILES string of the molecule is C1=Cc2cc3ccc(cc4nc(cc5ccc(cc1n2)[nH]5)C=C4)[nH]3.O=COc1ccccc1. The van der Waals surface area contributed by atoms with Gasteiger partial charge in [-0.3, -0.25) is 4.79 Å². The van der Waals surface area contributed by atoms with Crippen LogP contribution in [0.2, 0.25) is 0 Å². The molecule has 2 aliphatic heterocycles. The van der Waals surface area contributed by atoms with Gasteiger partial charge < -0.3 is 14.7 Å². The van der Waals surface area contributed by atoms with Crippen molar-refractivity contribution in [1.29, 1.82) is 0 Å². The van der Waals surface area contributed by atoms with Gasteiger partial charge in [0.05, 0.1) is 22.8 Å². The van der Waals surface area contributed by atoms with Crippen molar-refractivity contribution in [3.05, 3.63) is 102 Å². The molecule has 0 aliphatic carbocycles. The van der Waals surface area contributed by atoms with Gasteiger partial charge in [0.2, 0.25) is 0 Å². The average molecular weight is 432 g/mol. The molecule has 6 rings (SSSR count). The Balaban J connectivity index is 0.000000215. The van der Waals surface area contributed by atoms with Crippen LogP contribution in [0.5, 0.6) is 5.75 Å². The van der Waals surface area contributed by atoms with Crippen molar-refractivity contribution >= 4 is 52.8 Å². The Morgan fingerprint density at radius 2 is 0.970 bits per heavy atom. The summed E-state index contributed by atoms with van der Waals surface area (Å²) in [7, 11) is 0. The molecule has 2 aliphatic rings. The number of carbonyl (C=O) groups excluding carboxylic acids is 1. The van der Waals surface area contributed by atoms with Crippen molar-refractivity contribution in [2.75, 3.05) is 0 Å². The number of hydrogen-bond acceptors (Lipinski definition) is 4. The fourth-order valence-electron chi connectivity index (χ4n) is 3.50. The maximum atomic E-state index is 9.75. The number of aromatic amines is 2. The van der Waals surface area contributed by atoms with Crippen molar-refractivity contribution in [1.82, 2.24) is 19.9 Å². The first kappa shape index (κ1) is 20.2. The summed E-state index contributed by atoms with van der Waals surface area (Å²) >= 11 is 0. The van der Waals surface area contributed by atoms with Gasteiger partial charge in [0.15, 0.2) is 0 Å². The van der Waals surface area contributed by atoms with Gasteiger partial charge in [0, 0.05) is 22.1 Å². The van der Waals surface area contributed by atoms with Gasteiger partial charge in [-0.1, -0.05) is 18.2 Å². The third-order valence-corrected chi connectivity index (χ3v) is 4.97. The number of fused-ring (bicyclic) bond motifs is 8. The van der Waals surface area contributed by atoms with Crippen LogP contribution >= 0.6 is 0 Å². The standard InChI is InChI=1S/C20H14N4.C7H6O2/c1-2-14-10-16-5-6-18(23-16)12-20-8-7-19(24-20)11-17-4-3-15(22-17)9-13(1)21-14;8-6-9-7-4-2-1-3-5-7/h1-12,21,24H;1-6H. The van der Waals surface area contributed by atoms with E-state index in [4.69, 9.17) is 0 Å². The fourth-order valence-corrected chi connectivity index (χ4v) is 3.50. The number of H-pyrrole nitrogens is 2. The first-order valence-electron chi connectivity index (χ1n) is 10.4. The summed E-state index contributed by atoms with van der Waals surface area (Å²) in [6.07, 6.45) is 8.09. The summed E-state index contributed by atoms with van der Waals surface area (Å²) < 4.78 is 4.53. The Bertz CT molecular complexity index is 1340. The molecule has 2 N–H and O–H groups in total. The zero-order chi connectivity index (χ0) is 22.5. The van der Waals surface area contributed by atoms with Crippen LogP contribution in [-0.2, 0) is 4.79 Å². The summed E-state index contributed by atoms with van der Waals surface area (Å²) in [5.41, 5.74) is 7.86. The van der Waals surface area contributed by atoms with Gasteiger partial charge in [-0.15, -0.1) is 0 Å². The molecule has 6 nitrogen and oxygen atoms in total. The Hall–Kier alpha value is -4.71. The van der Waals surface area contributed by atoms with Crippen LogP contribution in [-0.4, -0.2) is 26.4 Å². The number of nitrogens with one attached hydrogen (secondary N) is 2. The maximum absolute atomic E-state index is 9.75. The number of carbonyl (C=O) groups is 1. The molecule has 0 radical (unpaired) electrons. The van der Waals surface area contributed by atoms with Gasteiger partial charge in [-0.2, -0.15) is 0 Å². The molecule has 0 fully saturated rings. The predicted molar refractivity (Wildman–Crippen MR) is 132 cm³/mol. The lowest BCUT2D eigenvalue weighted by Crippen LogP contribution is -1.85. The monoisotopic (exact) mass is 432 g/mol. The minimum absolute atomic E-state index is 0.412. The second-order valence-electron chi connectivity index (χ2n) is 7.43. The Morgan fingerprint density at radius 3 is 1.33 bits per heavy atom. The van der Waals surface area contributed by atoms with Gasteiger partial charge in [0.25, 0.3) is 6.47 Å². The highest BCUT2D eigenvalue weighted by atomic mass is 16.5. The highest BCUT2D eigenvalue weighted by Crippen LogP contribution is 2.17. The van der Waals surface area contributed by atoms with Gasteiger partial charge in [0.1, 0.15) is 5.75 Å². The van der Waals surface area contributed by atoms with Gasteiger partial charge in [-0.05, 0) is 85.0 Å². The third kappa shape index (κ3) is 5.14. The molecule has 5 heterocycles. The van der Waals surface area contributed by atoms with Gasteiger partial charge in [-0.25, -0.2) is 9.97 Å². The van der Waals surface area contributed by atoms with E-state index in [1.807, 2.05) is 54.6 Å². The number of para-hydroxylation sites is 1. The summed E-state index contributed by atoms with van der Waals surface area (Å²) in [6, 6.07) is 25.3. The molecule has 0 saturated carbocycles. The lowest BCUT2D eigenvalue weighted by atomic mass is 10.3. The summed E-state index contributed by atoms with van der Waals surface area (Å²) in [5, 5.41) is 0. The molecule has 0 amide bonds. The molecular weight excluding hydrogens is 412 g/mol. The molecule has 0 atom stereocenters. The van der Waals surface area contributed by atoms with Crippen LogP contribution in [0.4, 0.5) is 0 Å². The molecule has 3 aromatic heterocycles. The number of aromatic nitrogens is 4. The highest BCUT2D eigenvalue weighted by Gasteiger charge is 2.01. The summed E-state index contributed by atoms with van der Waals surface area (Å²) in [5.74, 6) is 0.576. The van der Waals surface area contributed by atoms with Crippen LogP contribution < -0.4 is 4.74 Å². The second kappa shape index (κ2) is 9.20. The Labute approximate surface area is 190 Å². The highest BCUT2D eigenvalue weighted by molar-refractivity contribution is 5.77. The second-order valence-corrected chi connectivity index (χ2v) is 7.43. The zero-order valence-corrected chi connectivity index (χ0v) is 17.6. The Morgan fingerprint density at radius 1 is 0.576 bits per heavy atom. The van der Waals surface area contributed by atoms with E-state index in [2.05, 4.69) is 48.9 Å². The van der Waals surface area contributed by atoms with E-state index < -0.39 is 0 Å². The molecule has 160 valence electrons. The molecule has 33 heavy (non-hydrogen) atoms. The van der Waals surface area contributed by atoms with E-state index >= 15 is 0 Å². The van der Waals surface area contributed by atoms with E-state index in [9.17, 15) is 4.79 Å². The van der Waals surface area contributed by atoms with Crippen molar-refractivity contribution in [3.8, 4) is 5.75 Å². The van der Waals surface area contributed by atoms with Crippen LogP contribution in [0.1, 0.15) is 22.8 Å². The summed E-state index contributed by atoms with van der Waals surface area (Å²) in [6.45, 7) is 0.412. The van der Waals surface area contributed by atoms with Crippen LogP contribution in [0.3, 0.4) is 0 Å². The first-order chi connectivity index (χ1) is 16.2. The lowest BCUT2D eigenvalue weighted by molar-refractivity contribution is -0.120. The molecule has 8 bridgehead atoms. The van der Waals surface area contributed by atoms with Crippen LogP contribution in [0.25, 0.3) is 46.4 Å². The smallest absolute Gasteiger partial charge is 0.298 e.